The summed E-state index contributed by atoms with van der Waals surface area (Å²) in [5.41, 5.74) is 4.62. The lowest BCUT2D eigenvalue weighted by molar-refractivity contribution is 0.599. The molecular weight excluding hydrogens is 260 g/mol. The maximum absolute atomic E-state index is 4.75. The maximum Gasteiger partial charge on any atom is 0.0918 e. The Kier molecular flexibility index (Phi) is 3.71. The van der Waals surface area contributed by atoms with E-state index in [0.29, 0.717) is 0 Å². The van der Waals surface area contributed by atoms with E-state index in [9.17, 15) is 0 Å². The molecule has 0 radical (unpaired) electrons. The first-order valence-electron chi connectivity index (χ1n) is 7.28. The third-order valence-electron chi connectivity index (χ3n) is 3.86. The third-order valence-corrected chi connectivity index (χ3v) is 3.86. The molecule has 21 heavy (non-hydrogen) atoms. The zero-order chi connectivity index (χ0) is 14.8. The highest BCUT2D eigenvalue weighted by Crippen LogP contribution is 2.29. The minimum absolute atomic E-state index is 0.0646. The van der Waals surface area contributed by atoms with Gasteiger partial charge in [-0.3, -0.25) is 9.67 Å². The molecule has 0 bridgehead atoms. The van der Waals surface area contributed by atoms with E-state index in [-0.39, 0.29) is 6.04 Å². The van der Waals surface area contributed by atoms with Crippen LogP contribution in [0, 0.1) is 6.92 Å². The van der Waals surface area contributed by atoms with E-state index in [1.54, 1.807) is 0 Å². The van der Waals surface area contributed by atoms with Crippen LogP contribution in [0.4, 0.5) is 0 Å². The van der Waals surface area contributed by atoms with Gasteiger partial charge in [-0.15, -0.1) is 0 Å². The molecule has 0 saturated heterocycles. The highest BCUT2D eigenvalue weighted by molar-refractivity contribution is 5.82. The number of rotatable bonds is 4. The molecule has 1 N–H and O–H groups in total. The number of hydrogen-bond donors (Lipinski definition) is 1. The maximum atomic E-state index is 4.75. The molecule has 3 rings (SSSR count). The van der Waals surface area contributed by atoms with E-state index >= 15 is 0 Å². The minimum atomic E-state index is 0.0646. The Hall–Kier alpha value is -2.20. The summed E-state index contributed by atoms with van der Waals surface area (Å²) in [5.74, 6) is 0. The molecule has 2 aromatic heterocycles. The molecule has 0 aliphatic heterocycles. The fourth-order valence-electron chi connectivity index (χ4n) is 2.79. The average Bonchev–Trinajstić information content (AvgIpc) is 2.83. The first-order valence-corrected chi connectivity index (χ1v) is 7.28. The monoisotopic (exact) mass is 280 g/mol. The highest BCUT2D eigenvalue weighted by atomic mass is 15.3. The van der Waals surface area contributed by atoms with Gasteiger partial charge >= 0.3 is 0 Å². The van der Waals surface area contributed by atoms with E-state index in [4.69, 9.17) is 5.10 Å². The van der Waals surface area contributed by atoms with Crippen LogP contribution < -0.4 is 5.32 Å². The first-order chi connectivity index (χ1) is 10.2. The quantitative estimate of drug-likeness (QED) is 0.799. The predicted octanol–water partition coefficient (Wildman–Crippen LogP) is 2.98. The van der Waals surface area contributed by atoms with Gasteiger partial charge in [0.25, 0.3) is 0 Å². The number of aryl methyl sites for hydroxylation is 2. The van der Waals surface area contributed by atoms with E-state index in [2.05, 4.69) is 42.3 Å². The molecule has 0 aliphatic carbocycles. The number of nitrogens with one attached hydrogen (secondary N) is 1. The Morgan fingerprint density at radius 2 is 2.05 bits per heavy atom. The third kappa shape index (κ3) is 2.43. The molecule has 0 saturated carbocycles. The van der Waals surface area contributed by atoms with E-state index in [0.717, 1.165) is 17.8 Å². The fourth-order valence-corrected chi connectivity index (χ4v) is 2.79. The van der Waals surface area contributed by atoms with Gasteiger partial charge in [-0.1, -0.05) is 25.1 Å². The second kappa shape index (κ2) is 5.66. The van der Waals surface area contributed by atoms with Gasteiger partial charge in [-0.2, -0.15) is 5.10 Å². The van der Waals surface area contributed by atoms with Crippen LogP contribution in [-0.2, 0) is 7.05 Å². The largest absolute Gasteiger partial charge is 0.305 e. The van der Waals surface area contributed by atoms with Crippen molar-refractivity contribution >= 4 is 10.9 Å². The van der Waals surface area contributed by atoms with E-state index < -0.39 is 0 Å². The summed E-state index contributed by atoms with van der Waals surface area (Å²) in [6.07, 6.45) is 3.77. The standard InChI is InChI=1S/C17H20N4/c1-4-19-16(14-11-18-10-9-12(14)2)17-13-7-5-6-8-15(13)21(3)20-17/h5-11,16,19H,4H2,1-3H3. The van der Waals surface area contributed by atoms with Crippen LogP contribution in [0.5, 0.6) is 0 Å². The number of hydrogen-bond acceptors (Lipinski definition) is 3. The van der Waals surface area contributed by atoms with Gasteiger partial charge in [0.1, 0.15) is 0 Å². The van der Waals surface area contributed by atoms with Crippen LogP contribution in [0.15, 0.2) is 42.7 Å². The topological polar surface area (TPSA) is 42.7 Å². The summed E-state index contributed by atoms with van der Waals surface area (Å²) in [7, 11) is 1.99. The highest BCUT2D eigenvalue weighted by Gasteiger charge is 2.21. The molecule has 1 aromatic carbocycles. The number of nitrogens with zero attached hydrogens (tertiary/aromatic N) is 3. The Morgan fingerprint density at radius 1 is 1.24 bits per heavy atom. The van der Waals surface area contributed by atoms with Gasteiger partial charge in [0, 0.05) is 24.8 Å². The molecule has 1 unspecified atom stereocenters. The molecule has 0 aliphatic rings. The van der Waals surface area contributed by atoms with Crippen molar-refractivity contribution in [3.8, 4) is 0 Å². The summed E-state index contributed by atoms with van der Waals surface area (Å²) >= 11 is 0. The molecule has 4 nitrogen and oxygen atoms in total. The molecule has 0 amide bonds. The first kappa shape index (κ1) is 13.8. The lowest BCUT2D eigenvalue weighted by Gasteiger charge is -2.18. The number of benzene rings is 1. The van der Waals surface area contributed by atoms with Gasteiger partial charge in [-0.05, 0) is 36.7 Å². The molecule has 2 heterocycles. The van der Waals surface area contributed by atoms with Gasteiger partial charge in [0.15, 0.2) is 0 Å². The van der Waals surface area contributed by atoms with Crippen LogP contribution in [0.1, 0.15) is 29.8 Å². The molecule has 4 heteroatoms. The van der Waals surface area contributed by atoms with Crippen molar-refractivity contribution in [3.05, 3.63) is 59.5 Å². The van der Waals surface area contributed by atoms with Crippen molar-refractivity contribution in [2.45, 2.75) is 19.9 Å². The minimum Gasteiger partial charge on any atom is -0.305 e. The van der Waals surface area contributed by atoms with Gasteiger partial charge in [0.2, 0.25) is 0 Å². The summed E-state index contributed by atoms with van der Waals surface area (Å²) in [5, 5.41) is 9.49. The molecule has 108 valence electrons. The van der Waals surface area contributed by atoms with Crippen molar-refractivity contribution in [3.63, 3.8) is 0 Å². The SMILES string of the molecule is CCNC(c1cnccc1C)c1nn(C)c2ccccc12. The van der Waals surface area contributed by atoms with Gasteiger partial charge in [0.05, 0.1) is 17.3 Å². The molecule has 0 spiro atoms. The Bertz CT molecular complexity index is 760. The molecule has 3 aromatic rings. The summed E-state index contributed by atoms with van der Waals surface area (Å²) in [6, 6.07) is 10.5. The van der Waals surface area contributed by atoms with E-state index in [1.165, 1.54) is 16.5 Å². The number of para-hydroxylation sites is 1. The van der Waals surface area contributed by atoms with Crippen LogP contribution in [0.3, 0.4) is 0 Å². The van der Waals surface area contributed by atoms with E-state index in [1.807, 2.05) is 36.3 Å². The zero-order valence-corrected chi connectivity index (χ0v) is 12.7. The summed E-state index contributed by atoms with van der Waals surface area (Å²) in [6.45, 7) is 5.11. The second-order valence-electron chi connectivity index (χ2n) is 5.25. The Balaban J connectivity index is 2.19. The van der Waals surface area contributed by atoms with Crippen LogP contribution in [0.25, 0.3) is 10.9 Å². The fraction of sp³-hybridized carbons (Fsp3) is 0.294. The van der Waals surface area contributed by atoms with Crippen LogP contribution in [0.2, 0.25) is 0 Å². The predicted molar refractivity (Wildman–Crippen MR) is 85.2 cm³/mol. The lowest BCUT2D eigenvalue weighted by atomic mass is 9.99. The smallest absolute Gasteiger partial charge is 0.0918 e. The Morgan fingerprint density at radius 3 is 2.81 bits per heavy atom. The molecule has 0 fully saturated rings. The zero-order valence-electron chi connectivity index (χ0n) is 12.7. The molecule has 1 atom stereocenters. The summed E-state index contributed by atoms with van der Waals surface area (Å²) in [4.78, 5) is 4.29. The second-order valence-corrected chi connectivity index (χ2v) is 5.25. The normalized spacial score (nSPS) is 12.7. The number of pyridine rings is 1. The lowest BCUT2D eigenvalue weighted by Crippen LogP contribution is -2.23. The van der Waals surface area contributed by atoms with Gasteiger partial charge < -0.3 is 5.32 Å². The molecular formula is C17H20N4. The average molecular weight is 280 g/mol. The van der Waals surface area contributed by atoms with Crippen molar-refractivity contribution < 1.29 is 0 Å². The van der Waals surface area contributed by atoms with Crippen LogP contribution >= 0.6 is 0 Å². The van der Waals surface area contributed by atoms with Crippen molar-refractivity contribution in [2.75, 3.05) is 6.54 Å². The van der Waals surface area contributed by atoms with Gasteiger partial charge in [-0.25, -0.2) is 0 Å². The summed E-state index contributed by atoms with van der Waals surface area (Å²) < 4.78 is 1.95. The van der Waals surface area contributed by atoms with Crippen molar-refractivity contribution in [2.24, 2.45) is 7.05 Å². The Labute approximate surface area is 124 Å². The van der Waals surface area contributed by atoms with Crippen LogP contribution in [-0.4, -0.2) is 21.3 Å². The number of aromatic nitrogens is 3. The van der Waals surface area contributed by atoms with Crippen molar-refractivity contribution in [1.82, 2.24) is 20.1 Å². The van der Waals surface area contributed by atoms with Crippen molar-refractivity contribution in [1.29, 1.82) is 0 Å². The number of fused-ring (bicyclic) bond motifs is 1.